The van der Waals surface area contributed by atoms with E-state index in [0.717, 1.165) is 32.7 Å². The van der Waals surface area contributed by atoms with Crippen LogP contribution in [0.15, 0.2) is 103 Å². The van der Waals surface area contributed by atoms with E-state index in [2.05, 4.69) is 15.6 Å². The van der Waals surface area contributed by atoms with Crippen molar-refractivity contribution in [3.8, 4) is 5.75 Å². The number of hydrogen-bond acceptors (Lipinski definition) is 5. The van der Waals surface area contributed by atoms with Crippen LogP contribution in [0.1, 0.15) is 11.1 Å². The van der Waals surface area contributed by atoms with Crippen molar-refractivity contribution in [2.24, 2.45) is 0 Å². The Kier molecular flexibility index (Phi) is 7.45. The average Bonchev–Trinajstić information content (AvgIpc) is 2.95. The summed E-state index contributed by atoms with van der Waals surface area (Å²) in [7, 11) is 0. The van der Waals surface area contributed by atoms with Crippen molar-refractivity contribution < 1.29 is 14.3 Å². The third-order valence-corrected chi connectivity index (χ3v) is 6.40. The lowest BCUT2D eigenvalue weighted by molar-refractivity contribution is -0.130. The molecule has 0 bridgehead atoms. The quantitative estimate of drug-likeness (QED) is 0.276. The number of carbonyl (C=O) groups is 2. The predicted octanol–water partition coefficient (Wildman–Crippen LogP) is 4.39. The van der Waals surface area contributed by atoms with E-state index in [1.807, 2.05) is 84.9 Å². The van der Waals surface area contributed by atoms with Crippen LogP contribution < -0.4 is 21.1 Å². The van der Waals surface area contributed by atoms with Crippen molar-refractivity contribution in [1.82, 2.24) is 15.6 Å². The molecule has 0 spiro atoms. The fraction of sp³-hybridized carbons (Fsp3) is 0.129. The van der Waals surface area contributed by atoms with Crippen molar-refractivity contribution in [3.63, 3.8) is 0 Å². The van der Waals surface area contributed by atoms with Gasteiger partial charge in [0.05, 0.1) is 0 Å². The summed E-state index contributed by atoms with van der Waals surface area (Å²) in [5.74, 6) is 0.404. The van der Waals surface area contributed by atoms with Gasteiger partial charge in [-0.2, -0.15) is 0 Å². The van der Waals surface area contributed by atoms with Crippen LogP contribution in [0.25, 0.3) is 21.5 Å². The summed E-state index contributed by atoms with van der Waals surface area (Å²) < 4.78 is 5.59. The number of nitrogens with zero attached hydrogens (tertiary/aromatic N) is 1. The first-order chi connectivity index (χ1) is 18.6. The minimum Gasteiger partial charge on any atom is -0.484 e. The topological polar surface area (TPSA) is 106 Å². The molecule has 4 N–H and O–H groups in total. The molecule has 0 saturated carbocycles. The van der Waals surface area contributed by atoms with Gasteiger partial charge in [0.2, 0.25) is 5.91 Å². The van der Waals surface area contributed by atoms with Gasteiger partial charge < -0.3 is 21.1 Å². The molecule has 38 heavy (non-hydrogen) atoms. The summed E-state index contributed by atoms with van der Waals surface area (Å²) in [5, 5.41) is 9.79. The fourth-order valence-corrected chi connectivity index (χ4v) is 4.47. The summed E-state index contributed by atoms with van der Waals surface area (Å²) in [6.45, 7) is 0.114. The van der Waals surface area contributed by atoms with Crippen LogP contribution in [0.2, 0.25) is 0 Å². The van der Waals surface area contributed by atoms with Gasteiger partial charge >= 0.3 is 0 Å². The van der Waals surface area contributed by atoms with Crippen molar-refractivity contribution in [2.45, 2.75) is 19.0 Å². The largest absolute Gasteiger partial charge is 0.484 e. The number of nitrogens with two attached hydrogens (primary N) is 1. The Morgan fingerprint density at radius 2 is 1.63 bits per heavy atom. The zero-order valence-corrected chi connectivity index (χ0v) is 20.8. The highest BCUT2D eigenvalue weighted by molar-refractivity contribution is 5.92. The summed E-state index contributed by atoms with van der Waals surface area (Å²) in [4.78, 5) is 30.3. The summed E-state index contributed by atoms with van der Waals surface area (Å²) in [6.07, 6.45) is 2.00. The molecule has 0 radical (unpaired) electrons. The van der Waals surface area contributed by atoms with Gasteiger partial charge in [0.15, 0.2) is 6.61 Å². The van der Waals surface area contributed by atoms with Crippen LogP contribution in [-0.4, -0.2) is 29.4 Å². The van der Waals surface area contributed by atoms with Crippen LogP contribution in [-0.2, 0) is 22.6 Å². The molecule has 1 heterocycles. The lowest BCUT2D eigenvalue weighted by Gasteiger charge is -2.20. The van der Waals surface area contributed by atoms with Gasteiger partial charge in [-0.3, -0.25) is 9.59 Å². The van der Waals surface area contributed by atoms with E-state index in [4.69, 9.17) is 10.5 Å². The first kappa shape index (κ1) is 24.8. The first-order valence-electron chi connectivity index (χ1n) is 12.4. The smallest absolute Gasteiger partial charge is 0.258 e. The van der Waals surface area contributed by atoms with Crippen LogP contribution in [0, 0.1) is 0 Å². The van der Waals surface area contributed by atoms with E-state index in [9.17, 15) is 9.59 Å². The molecule has 0 aliphatic heterocycles. The van der Waals surface area contributed by atoms with Gasteiger partial charge in [-0.05, 0) is 51.6 Å². The average molecular weight is 505 g/mol. The number of benzene rings is 4. The second-order valence-electron chi connectivity index (χ2n) is 9.03. The molecular formula is C31H28N4O3. The number of fused-ring (bicyclic) bond motifs is 2. The molecule has 2 amide bonds. The molecule has 190 valence electrons. The number of carbonyl (C=O) groups excluding carboxylic acids is 2. The Hall–Kier alpha value is -4.91. The zero-order valence-electron chi connectivity index (χ0n) is 20.8. The molecule has 7 nitrogen and oxygen atoms in total. The lowest BCUT2D eigenvalue weighted by atomic mass is 9.98. The summed E-state index contributed by atoms with van der Waals surface area (Å²) >= 11 is 0. The third kappa shape index (κ3) is 5.90. The molecule has 1 atom stereocenters. The van der Waals surface area contributed by atoms with Crippen LogP contribution in [0.3, 0.4) is 0 Å². The van der Waals surface area contributed by atoms with E-state index < -0.39 is 6.04 Å². The monoisotopic (exact) mass is 504 g/mol. The number of rotatable bonds is 9. The van der Waals surface area contributed by atoms with Crippen LogP contribution >= 0.6 is 0 Å². The molecule has 5 rings (SSSR count). The molecule has 5 aromatic rings. The van der Waals surface area contributed by atoms with E-state index in [1.54, 1.807) is 18.3 Å². The minimum absolute atomic E-state index is 0.191. The van der Waals surface area contributed by atoms with Gasteiger partial charge in [0.1, 0.15) is 17.6 Å². The molecule has 7 heteroatoms. The summed E-state index contributed by atoms with van der Waals surface area (Å²) in [5.41, 5.74) is 7.85. The second-order valence-corrected chi connectivity index (χ2v) is 9.03. The van der Waals surface area contributed by atoms with Crippen molar-refractivity contribution in [1.29, 1.82) is 0 Å². The zero-order chi connectivity index (χ0) is 26.3. The Morgan fingerprint density at radius 3 is 2.50 bits per heavy atom. The molecule has 0 aliphatic rings. The van der Waals surface area contributed by atoms with Crippen LogP contribution in [0.5, 0.6) is 5.75 Å². The Labute approximate surface area is 220 Å². The highest BCUT2D eigenvalue weighted by Gasteiger charge is 2.22. The molecular weight excluding hydrogens is 476 g/mol. The van der Waals surface area contributed by atoms with Gasteiger partial charge in [-0.25, -0.2) is 4.98 Å². The Morgan fingerprint density at radius 1 is 0.842 bits per heavy atom. The number of amides is 2. The standard InChI is InChI=1S/C31H28N4O3/c32-30-27-14-13-21(17-24(27)15-16-33-30)19-34-31(37)28(35-29(36)20-38-25-10-2-1-3-11-25)18-23-9-6-8-22-7-4-5-12-26(22)23/h1-17,28H,18-20H2,(H2,32,33)(H,34,37)(H,35,36)/t28-/m0/s1. The predicted molar refractivity (Wildman–Crippen MR) is 150 cm³/mol. The number of hydrogen-bond donors (Lipinski definition) is 3. The third-order valence-electron chi connectivity index (χ3n) is 6.40. The number of nitrogen functional groups attached to an aromatic ring is 1. The molecule has 0 aliphatic carbocycles. The van der Waals surface area contributed by atoms with E-state index in [-0.39, 0.29) is 18.4 Å². The molecule has 0 saturated heterocycles. The number of aromatic nitrogens is 1. The maximum Gasteiger partial charge on any atom is 0.258 e. The molecule has 0 unspecified atom stereocenters. The number of anilines is 1. The SMILES string of the molecule is Nc1nccc2cc(CNC(=O)[C@H](Cc3cccc4ccccc34)NC(=O)COc3ccccc3)ccc12. The number of pyridine rings is 1. The van der Waals surface area contributed by atoms with Crippen molar-refractivity contribution in [3.05, 3.63) is 114 Å². The van der Waals surface area contributed by atoms with E-state index >= 15 is 0 Å². The van der Waals surface area contributed by atoms with E-state index in [0.29, 0.717) is 24.5 Å². The Balaban J connectivity index is 1.32. The molecule has 4 aromatic carbocycles. The highest BCUT2D eigenvalue weighted by atomic mass is 16.5. The van der Waals surface area contributed by atoms with E-state index in [1.165, 1.54) is 0 Å². The number of para-hydroxylation sites is 1. The maximum absolute atomic E-state index is 13.4. The Bertz CT molecular complexity index is 1580. The van der Waals surface area contributed by atoms with Crippen molar-refractivity contribution >= 4 is 39.2 Å². The minimum atomic E-state index is -0.784. The maximum atomic E-state index is 13.4. The number of nitrogens with one attached hydrogen (secondary N) is 2. The lowest BCUT2D eigenvalue weighted by Crippen LogP contribution is -2.49. The first-order valence-corrected chi connectivity index (χ1v) is 12.4. The molecule has 1 aromatic heterocycles. The fourth-order valence-electron chi connectivity index (χ4n) is 4.47. The summed E-state index contributed by atoms with van der Waals surface area (Å²) in [6, 6.07) is 30.0. The molecule has 0 fully saturated rings. The van der Waals surface area contributed by atoms with Gasteiger partial charge in [0, 0.05) is 24.5 Å². The van der Waals surface area contributed by atoms with Crippen molar-refractivity contribution in [2.75, 3.05) is 12.3 Å². The van der Waals surface area contributed by atoms with Gasteiger partial charge in [-0.1, -0.05) is 72.8 Å². The van der Waals surface area contributed by atoms with Gasteiger partial charge in [-0.15, -0.1) is 0 Å². The van der Waals surface area contributed by atoms with Crippen LogP contribution in [0.4, 0.5) is 5.82 Å². The normalized spacial score (nSPS) is 11.7. The second kappa shape index (κ2) is 11.4. The number of ether oxygens (including phenoxy) is 1. The highest BCUT2D eigenvalue weighted by Crippen LogP contribution is 2.21. The van der Waals surface area contributed by atoms with Gasteiger partial charge in [0.25, 0.3) is 5.91 Å².